The van der Waals surface area contributed by atoms with E-state index in [1.54, 1.807) is 25.2 Å². The predicted octanol–water partition coefficient (Wildman–Crippen LogP) is 2.41. The first-order valence-corrected chi connectivity index (χ1v) is 9.04. The molecule has 20 heavy (non-hydrogen) atoms. The Morgan fingerprint density at radius 3 is 2.50 bits per heavy atom. The Bertz CT molecular complexity index is 554. The van der Waals surface area contributed by atoms with Crippen LogP contribution in [0.25, 0.3) is 0 Å². The van der Waals surface area contributed by atoms with Crippen LogP contribution in [0.1, 0.15) is 12.8 Å². The van der Waals surface area contributed by atoms with Crippen LogP contribution < -0.4 is 0 Å². The summed E-state index contributed by atoms with van der Waals surface area (Å²) in [6, 6.07) is 6.97. The third kappa shape index (κ3) is 3.61. The smallest absolute Gasteiger partial charge is 0.243 e. The minimum atomic E-state index is -3.41. The van der Waals surface area contributed by atoms with Gasteiger partial charge in [0.1, 0.15) is 0 Å². The monoisotopic (exact) mass is 360 g/mol. The van der Waals surface area contributed by atoms with Gasteiger partial charge in [0.25, 0.3) is 0 Å². The molecule has 0 atom stereocenters. The second-order valence-electron chi connectivity index (χ2n) is 5.46. The van der Waals surface area contributed by atoms with Crippen molar-refractivity contribution in [1.82, 2.24) is 9.21 Å². The molecule has 1 aromatic carbocycles. The van der Waals surface area contributed by atoms with Crippen LogP contribution in [-0.2, 0) is 10.0 Å². The molecule has 0 aromatic heterocycles. The van der Waals surface area contributed by atoms with Gasteiger partial charge < -0.3 is 4.90 Å². The quantitative estimate of drug-likeness (QED) is 0.827. The van der Waals surface area contributed by atoms with Gasteiger partial charge in [-0.25, -0.2) is 12.7 Å². The number of hydrogen-bond donors (Lipinski definition) is 0. The van der Waals surface area contributed by atoms with Crippen molar-refractivity contribution in [2.75, 3.05) is 33.7 Å². The molecule has 0 amide bonds. The fourth-order valence-electron chi connectivity index (χ4n) is 2.53. The van der Waals surface area contributed by atoms with E-state index in [2.05, 4.69) is 27.9 Å². The molecule has 0 aliphatic carbocycles. The maximum absolute atomic E-state index is 12.6. The lowest BCUT2D eigenvalue weighted by Crippen LogP contribution is -2.38. The van der Waals surface area contributed by atoms with Gasteiger partial charge >= 0.3 is 0 Å². The normalized spacial score (nSPS) is 18.6. The first-order chi connectivity index (χ1) is 9.41. The lowest BCUT2D eigenvalue weighted by Gasteiger charge is -2.31. The zero-order valence-corrected chi connectivity index (χ0v) is 14.3. The molecular weight excluding hydrogens is 340 g/mol. The van der Waals surface area contributed by atoms with Crippen molar-refractivity contribution in [2.24, 2.45) is 5.92 Å². The third-order valence-electron chi connectivity index (χ3n) is 3.88. The molecule has 0 unspecified atom stereocenters. The molecule has 1 fully saturated rings. The van der Waals surface area contributed by atoms with Gasteiger partial charge in [-0.2, -0.15) is 0 Å². The SMILES string of the molecule is CN1CCC(CN(C)S(=O)(=O)c2ccccc2Br)CC1. The first-order valence-electron chi connectivity index (χ1n) is 6.80. The fourth-order valence-corrected chi connectivity index (χ4v) is 4.73. The Labute approximate surface area is 129 Å². The molecule has 4 nitrogen and oxygen atoms in total. The van der Waals surface area contributed by atoms with E-state index in [1.165, 1.54) is 4.31 Å². The molecule has 6 heteroatoms. The second-order valence-corrected chi connectivity index (χ2v) is 8.33. The predicted molar refractivity (Wildman–Crippen MR) is 84.2 cm³/mol. The molecule has 0 bridgehead atoms. The highest BCUT2D eigenvalue weighted by Crippen LogP contribution is 2.26. The number of hydrogen-bond acceptors (Lipinski definition) is 3. The van der Waals surface area contributed by atoms with Crippen molar-refractivity contribution in [3.63, 3.8) is 0 Å². The molecule has 1 aliphatic heterocycles. The van der Waals surface area contributed by atoms with Crippen LogP contribution in [-0.4, -0.2) is 51.4 Å². The third-order valence-corrected chi connectivity index (χ3v) is 6.71. The van der Waals surface area contributed by atoms with E-state index in [0.717, 1.165) is 25.9 Å². The zero-order chi connectivity index (χ0) is 14.8. The summed E-state index contributed by atoms with van der Waals surface area (Å²) in [6.07, 6.45) is 2.12. The molecule has 0 radical (unpaired) electrons. The van der Waals surface area contributed by atoms with Crippen molar-refractivity contribution in [2.45, 2.75) is 17.7 Å². The van der Waals surface area contributed by atoms with E-state index in [-0.39, 0.29) is 0 Å². The summed E-state index contributed by atoms with van der Waals surface area (Å²) >= 11 is 3.32. The average Bonchev–Trinajstić information content (AvgIpc) is 2.41. The van der Waals surface area contributed by atoms with Crippen LogP contribution >= 0.6 is 15.9 Å². The van der Waals surface area contributed by atoms with Crippen molar-refractivity contribution in [1.29, 1.82) is 0 Å². The first kappa shape index (κ1) is 15.9. The van der Waals surface area contributed by atoms with Crippen LogP contribution in [0, 0.1) is 5.92 Å². The van der Waals surface area contributed by atoms with Crippen LogP contribution in [0.4, 0.5) is 0 Å². The van der Waals surface area contributed by atoms with Gasteiger partial charge in [0.2, 0.25) is 10.0 Å². The number of halogens is 1. The van der Waals surface area contributed by atoms with E-state index in [0.29, 0.717) is 21.8 Å². The summed E-state index contributed by atoms with van der Waals surface area (Å²) in [5, 5.41) is 0. The van der Waals surface area contributed by atoms with Crippen molar-refractivity contribution in [3.8, 4) is 0 Å². The number of sulfonamides is 1. The molecular formula is C14H21BrN2O2S. The summed E-state index contributed by atoms with van der Waals surface area (Å²) in [6.45, 7) is 2.69. The Morgan fingerprint density at radius 2 is 1.90 bits per heavy atom. The molecule has 0 N–H and O–H groups in total. The van der Waals surface area contributed by atoms with Crippen molar-refractivity contribution >= 4 is 26.0 Å². The molecule has 0 spiro atoms. The summed E-state index contributed by atoms with van der Waals surface area (Å²) in [5.74, 6) is 0.452. The molecule has 2 rings (SSSR count). The van der Waals surface area contributed by atoms with E-state index >= 15 is 0 Å². The highest BCUT2D eigenvalue weighted by atomic mass is 79.9. The average molecular weight is 361 g/mol. The topological polar surface area (TPSA) is 40.6 Å². The molecule has 112 valence electrons. The second kappa shape index (κ2) is 6.56. The van der Waals surface area contributed by atoms with E-state index < -0.39 is 10.0 Å². The number of piperidine rings is 1. The van der Waals surface area contributed by atoms with Crippen LogP contribution in [0.5, 0.6) is 0 Å². The van der Waals surface area contributed by atoms with Gasteiger partial charge in [-0.3, -0.25) is 0 Å². The fraction of sp³-hybridized carbons (Fsp3) is 0.571. The maximum atomic E-state index is 12.6. The number of nitrogens with zero attached hydrogens (tertiary/aromatic N) is 2. The van der Waals surface area contributed by atoms with Crippen molar-refractivity contribution < 1.29 is 8.42 Å². The molecule has 0 saturated carbocycles. The molecule has 1 heterocycles. The number of rotatable bonds is 4. The largest absolute Gasteiger partial charge is 0.306 e. The standard InChI is InChI=1S/C14H21BrN2O2S/c1-16-9-7-12(8-10-16)11-17(2)20(18,19)14-6-4-3-5-13(14)15/h3-6,12H,7-11H2,1-2H3. The van der Waals surface area contributed by atoms with Gasteiger partial charge in [0.05, 0.1) is 4.90 Å². The molecule has 1 saturated heterocycles. The zero-order valence-electron chi connectivity index (χ0n) is 11.9. The lowest BCUT2D eigenvalue weighted by molar-refractivity contribution is 0.202. The Balaban J connectivity index is 2.08. The van der Waals surface area contributed by atoms with Crippen LogP contribution in [0.15, 0.2) is 33.6 Å². The van der Waals surface area contributed by atoms with Crippen molar-refractivity contribution in [3.05, 3.63) is 28.7 Å². The molecule has 1 aliphatic rings. The summed E-state index contributed by atoms with van der Waals surface area (Å²) in [4.78, 5) is 2.63. The van der Waals surface area contributed by atoms with E-state index in [9.17, 15) is 8.42 Å². The highest BCUT2D eigenvalue weighted by Gasteiger charge is 2.26. The van der Waals surface area contributed by atoms with Gasteiger partial charge in [0, 0.05) is 18.1 Å². The summed E-state index contributed by atoms with van der Waals surface area (Å²) in [7, 11) is 0.373. The van der Waals surface area contributed by atoms with Crippen LogP contribution in [0.2, 0.25) is 0 Å². The van der Waals surface area contributed by atoms with Gasteiger partial charge in [-0.05, 0) is 67.0 Å². The maximum Gasteiger partial charge on any atom is 0.243 e. The van der Waals surface area contributed by atoms with Gasteiger partial charge in [-0.1, -0.05) is 12.1 Å². The summed E-state index contributed by atoms with van der Waals surface area (Å²) in [5.41, 5.74) is 0. The molecule has 1 aromatic rings. The summed E-state index contributed by atoms with van der Waals surface area (Å²) < 4.78 is 27.3. The minimum absolute atomic E-state index is 0.343. The lowest BCUT2D eigenvalue weighted by atomic mass is 9.97. The Hall–Kier alpha value is -0.430. The van der Waals surface area contributed by atoms with E-state index in [1.807, 2.05) is 6.07 Å². The number of benzene rings is 1. The Kier molecular flexibility index (Phi) is 5.23. The minimum Gasteiger partial charge on any atom is -0.306 e. The highest BCUT2D eigenvalue weighted by molar-refractivity contribution is 9.10. The Morgan fingerprint density at radius 1 is 1.30 bits per heavy atom. The van der Waals surface area contributed by atoms with E-state index in [4.69, 9.17) is 0 Å². The van der Waals surface area contributed by atoms with Crippen LogP contribution in [0.3, 0.4) is 0 Å². The van der Waals surface area contributed by atoms with Gasteiger partial charge in [-0.15, -0.1) is 0 Å². The number of likely N-dealkylation sites (tertiary alicyclic amines) is 1. The van der Waals surface area contributed by atoms with Gasteiger partial charge in [0.15, 0.2) is 0 Å².